The van der Waals surface area contributed by atoms with Crippen LogP contribution in [0.4, 0.5) is 8.78 Å². The van der Waals surface area contributed by atoms with Gasteiger partial charge in [-0.1, -0.05) is 13.8 Å². The SMILES string of the molecule is CCC(CC)(CNCC1CCCC(F)(F)C1)SC. The molecular weight excluding hydrogens is 252 g/mol. The van der Waals surface area contributed by atoms with Gasteiger partial charge in [0.2, 0.25) is 5.92 Å². The summed E-state index contributed by atoms with van der Waals surface area (Å²) >= 11 is 1.89. The zero-order valence-corrected chi connectivity index (χ0v) is 12.7. The average molecular weight is 279 g/mol. The number of halogens is 2. The van der Waals surface area contributed by atoms with Crippen LogP contribution in [0.3, 0.4) is 0 Å². The number of nitrogens with one attached hydrogen (secondary N) is 1. The fraction of sp³-hybridized carbons (Fsp3) is 1.00. The van der Waals surface area contributed by atoms with Gasteiger partial charge in [0, 0.05) is 24.1 Å². The molecule has 0 aromatic rings. The van der Waals surface area contributed by atoms with Crippen LogP contribution < -0.4 is 5.32 Å². The topological polar surface area (TPSA) is 12.0 Å². The lowest BCUT2D eigenvalue weighted by molar-refractivity contribution is -0.0520. The molecule has 1 N–H and O–H groups in total. The summed E-state index contributed by atoms with van der Waals surface area (Å²) in [5, 5.41) is 3.43. The molecule has 4 heteroatoms. The van der Waals surface area contributed by atoms with E-state index >= 15 is 0 Å². The molecule has 0 aromatic heterocycles. The first-order valence-corrected chi connectivity index (χ1v) is 8.33. The van der Waals surface area contributed by atoms with Crippen LogP contribution in [-0.2, 0) is 0 Å². The third-order valence-electron chi connectivity index (χ3n) is 4.34. The molecular formula is C14H27F2NS. The van der Waals surface area contributed by atoms with E-state index in [4.69, 9.17) is 0 Å². The highest BCUT2D eigenvalue weighted by Crippen LogP contribution is 2.36. The standard InChI is InChI=1S/C14H27F2NS/c1-4-13(5-2,18-3)11-17-10-12-7-6-8-14(15,16)9-12/h12,17H,4-11H2,1-3H3. The highest BCUT2D eigenvalue weighted by Gasteiger charge is 2.36. The first kappa shape index (κ1) is 16.2. The fourth-order valence-corrected chi connectivity index (χ4v) is 3.64. The van der Waals surface area contributed by atoms with E-state index in [1.54, 1.807) is 0 Å². The van der Waals surface area contributed by atoms with Crippen LogP contribution in [0.1, 0.15) is 52.4 Å². The van der Waals surface area contributed by atoms with Crippen LogP contribution >= 0.6 is 11.8 Å². The minimum atomic E-state index is -2.42. The first-order chi connectivity index (χ1) is 8.47. The Labute approximate surface area is 114 Å². The molecule has 0 aromatic carbocycles. The lowest BCUT2D eigenvalue weighted by Gasteiger charge is -2.33. The molecule has 0 radical (unpaired) electrons. The quantitative estimate of drug-likeness (QED) is 0.744. The van der Waals surface area contributed by atoms with Crippen molar-refractivity contribution < 1.29 is 8.78 Å². The summed E-state index contributed by atoms with van der Waals surface area (Å²) in [6.45, 7) is 6.09. The van der Waals surface area contributed by atoms with Crippen molar-refractivity contribution in [1.29, 1.82) is 0 Å². The molecule has 0 heterocycles. The molecule has 0 spiro atoms. The van der Waals surface area contributed by atoms with Crippen molar-refractivity contribution in [1.82, 2.24) is 5.32 Å². The molecule has 1 fully saturated rings. The second kappa shape index (κ2) is 7.09. The van der Waals surface area contributed by atoms with Gasteiger partial charge in [-0.05, 0) is 44.4 Å². The van der Waals surface area contributed by atoms with Gasteiger partial charge in [-0.25, -0.2) is 8.78 Å². The molecule has 0 aliphatic heterocycles. The molecule has 0 saturated heterocycles. The lowest BCUT2D eigenvalue weighted by Crippen LogP contribution is -2.40. The Hall–Kier alpha value is 0.170. The van der Waals surface area contributed by atoms with E-state index in [0.717, 1.165) is 32.4 Å². The molecule has 1 saturated carbocycles. The summed E-state index contributed by atoms with van der Waals surface area (Å²) in [6.07, 6.45) is 6.18. The van der Waals surface area contributed by atoms with Gasteiger partial charge in [-0.15, -0.1) is 0 Å². The second-order valence-electron chi connectivity index (χ2n) is 5.54. The molecule has 1 nitrogen and oxygen atoms in total. The number of hydrogen-bond donors (Lipinski definition) is 1. The zero-order chi connectivity index (χ0) is 13.6. The van der Waals surface area contributed by atoms with Gasteiger partial charge in [-0.3, -0.25) is 0 Å². The van der Waals surface area contributed by atoms with Gasteiger partial charge in [0.05, 0.1) is 0 Å². The van der Waals surface area contributed by atoms with Crippen molar-refractivity contribution in [2.24, 2.45) is 5.92 Å². The smallest absolute Gasteiger partial charge is 0.248 e. The van der Waals surface area contributed by atoms with Crippen LogP contribution in [-0.4, -0.2) is 30.0 Å². The van der Waals surface area contributed by atoms with Crippen molar-refractivity contribution >= 4 is 11.8 Å². The van der Waals surface area contributed by atoms with Crippen molar-refractivity contribution in [2.75, 3.05) is 19.3 Å². The van der Waals surface area contributed by atoms with Gasteiger partial charge >= 0.3 is 0 Å². The van der Waals surface area contributed by atoms with Crippen molar-refractivity contribution in [3.05, 3.63) is 0 Å². The maximum absolute atomic E-state index is 13.3. The van der Waals surface area contributed by atoms with Crippen molar-refractivity contribution in [3.8, 4) is 0 Å². The summed E-state index contributed by atoms with van der Waals surface area (Å²) in [5.74, 6) is -2.27. The maximum Gasteiger partial charge on any atom is 0.248 e. The Morgan fingerprint density at radius 2 is 2.00 bits per heavy atom. The summed E-state index contributed by atoms with van der Waals surface area (Å²) < 4.78 is 26.8. The number of alkyl halides is 2. The van der Waals surface area contributed by atoms with Crippen LogP contribution in [0.5, 0.6) is 0 Å². The molecule has 1 aliphatic carbocycles. The number of hydrogen-bond acceptors (Lipinski definition) is 2. The molecule has 0 bridgehead atoms. The third kappa shape index (κ3) is 4.69. The lowest BCUT2D eigenvalue weighted by atomic mass is 9.86. The Morgan fingerprint density at radius 1 is 1.33 bits per heavy atom. The number of rotatable bonds is 7. The Balaban J connectivity index is 2.32. The van der Waals surface area contributed by atoms with Crippen molar-refractivity contribution in [3.63, 3.8) is 0 Å². The van der Waals surface area contributed by atoms with Gasteiger partial charge in [0.25, 0.3) is 0 Å². The normalized spacial score (nSPS) is 24.2. The minimum absolute atomic E-state index is 0.0739. The van der Waals surface area contributed by atoms with E-state index < -0.39 is 5.92 Å². The van der Waals surface area contributed by atoms with E-state index in [1.807, 2.05) is 11.8 Å². The molecule has 0 amide bonds. The number of thioether (sulfide) groups is 1. The molecule has 1 unspecified atom stereocenters. The van der Waals surface area contributed by atoms with Gasteiger partial charge in [0.15, 0.2) is 0 Å². The highest BCUT2D eigenvalue weighted by atomic mass is 32.2. The largest absolute Gasteiger partial charge is 0.315 e. The van der Waals surface area contributed by atoms with Crippen LogP contribution in [0.25, 0.3) is 0 Å². The van der Waals surface area contributed by atoms with Crippen LogP contribution in [0, 0.1) is 5.92 Å². The minimum Gasteiger partial charge on any atom is -0.315 e. The van der Waals surface area contributed by atoms with Gasteiger partial charge < -0.3 is 5.32 Å². The fourth-order valence-electron chi connectivity index (χ4n) is 2.82. The molecule has 108 valence electrons. The van der Waals surface area contributed by atoms with Gasteiger partial charge in [0.1, 0.15) is 0 Å². The van der Waals surface area contributed by atoms with E-state index in [0.29, 0.717) is 6.42 Å². The van der Waals surface area contributed by atoms with E-state index in [-0.39, 0.29) is 23.5 Å². The van der Waals surface area contributed by atoms with E-state index in [1.165, 1.54) is 0 Å². The first-order valence-electron chi connectivity index (χ1n) is 7.10. The summed E-state index contributed by atoms with van der Waals surface area (Å²) in [7, 11) is 0. The van der Waals surface area contributed by atoms with Crippen LogP contribution in [0.2, 0.25) is 0 Å². The predicted molar refractivity (Wildman–Crippen MR) is 76.6 cm³/mol. The molecule has 18 heavy (non-hydrogen) atoms. The summed E-state index contributed by atoms with van der Waals surface area (Å²) in [6, 6.07) is 0. The summed E-state index contributed by atoms with van der Waals surface area (Å²) in [5.41, 5.74) is 0. The van der Waals surface area contributed by atoms with Crippen molar-refractivity contribution in [2.45, 2.75) is 63.0 Å². The summed E-state index contributed by atoms with van der Waals surface area (Å²) in [4.78, 5) is 0. The maximum atomic E-state index is 13.3. The third-order valence-corrected chi connectivity index (χ3v) is 5.93. The average Bonchev–Trinajstić information content (AvgIpc) is 2.34. The van der Waals surface area contributed by atoms with Crippen LogP contribution in [0.15, 0.2) is 0 Å². The predicted octanol–water partition coefficient (Wildman–Crippen LogP) is 4.32. The highest BCUT2D eigenvalue weighted by molar-refractivity contribution is 8.00. The van der Waals surface area contributed by atoms with Gasteiger partial charge in [-0.2, -0.15) is 11.8 Å². The Morgan fingerprint density at radius 3 is 2.50 bits per heavy atom. The Bertz CT molecular complexity index is 234. The van der Waals surface area contributed by atoms with E-state index in [9.17, 15) is 8.78 Å². The second-order valence-corrected chi connectivity index (χ2v) is 6.82. The molecule has 1 rings (SSSR count). The van der Waals surface area contributed by atoms with E-state index in [2.05, 4.69) is 25.4 Å². The Kier molecular flexibility index (Phi) is 6.39. The molecule has 1 aliphatic rings. The zero-order valence-electron chi connectivity index (χ0n) is 11.9. The monoisotopic (exact) mass is 279 g/mol. The molecule has 1 atom stereocenters.